The van der Waals surface area contributed by atoms with Crippen molar-refractivity contribution in [3.63, 3.8) is 0 Å². The number of methoxy groups -OCH3 is 1. The third kappa shape index (κ3) is 4.42. The summed E-state index contributed by atoms with van der Waals surface area (Å²) in [7, 11) is 1.35. The van der Waals surface area contributed by atoms with Gasteiger partial charge in [-0.1, -0.05) is 18.2 Å². The van der Waals surface area contributed by atoms with E-state index in [9.17, 15) is 14.4 Å². The van der Waals surface area contributed by atoms with Gasteiger partial charge in [0.05, 0.1) is 12.7 Å². The Morgan fingerprint density at radius 2 is 1.89 bits per heavy atom. The Kier molecular flexibility index (Phi) is 6.46. The van der Waals surface area contributed by atoms with Crippen molar-refractivity contribution in [3.8, 4) is 0 Å². The molecule has 28 heavy (non-hydrogen) atoms. The Morgan fingerprint density at radius 1 is 1.14 bits per heavy atom. The lowest BCUT2D eigenvalue weighted by Gasteiger charge is -2.12. The van der Waals surface area contributed by atoms with E-state index in [1.54, 1.807) is 6.07 Å². The first-order valence-corrected chi connectivity index (χ1v) is 10.2. The summed E-state index contributed by atoms with van der Waals surface area (Å²) in [6.45, 7) is 2.09. The summed E-state index contributed by atoms with van der Waals surface area (Å²) < 4.78 is 4.92. The van der Waals surface area contributed by atoms with Crippen LogP contribution in [0.3, 0.4) is 0 Å². The monoisotopic (exact) mass is 400 g/mol. The number of carbonyl (C=O) groups excluding carboxylic acids is 3. The fourth-order valence-electron chi connectivity index (χ4n) is 3.37. The number of rotatable bonds is 6. The number of benzene rings is 1. The zero-order valence-electron chi connectivity index (χ0n) is 16.1. The highest BCUT2D eigenvalue weighted by atomic mass is 32.1. The number of carbonyl (C=O) groups is 3. The fraction of sp³-hybridized carbons (Fsp3) is 0.381. The topological polar surface area (TPSA) is 84.5 Å². The van der Waals surface area contributed by atoms with E-state index in [1.165, 1.54) is 18.4 Å². The number of anilines is 1. The van der Waals surface area contributed by atoms with E-state index in [0.29, 0.717) is 16.1 Å². The molecule has 0 aliphatic heterocycles. The van der Waals surface area contributed by atoms with E-state index < -0.39 is 5.97 Å². The maximum absolute atomic E-state index is 12.4. The van der Waals surface area contributed by atoms with Crippen LogP contribution in [-0.2, 0) is 22.4 Å². The van der Waals surface area contributed by atoms with E-state index in [1.807, 2.05) is 25.1 Å². The molecule has 1 aromatic carbocycles. The summed E-state index contributed by atoms with van der Waals surface area (Å²) in [5.74, 6) is -0.857. The molecule has 7 heteroatoms. The maximum atomic E-state index is 12.4. The summed E-state index contributed by atoms with van der Waals surface area (Å²) in [5.41, 5.74) is 2.98. The number of hydrogen-bond acceptors (Lipinski definition) is 5. The molecule has 2 N–H and O–H groups in total. The second-order valence-electron chi connectivity index (χ2n) is 6.78. The lowest BCUT2D eigenvalue weighted by Crippen LogP contribution is -2.28. The first kappa shape index (κ1) is 20.1. The molecule has 0 fully saturated rings. The van der Waals surface area contributed by atoms with Crippen LogP contribution < -0.4 is 10.6 Å². The molecule has 6 nitrogen and oxygen atoms in total. The molecule has 3 rings (SSSR count). The van der Waals surface area contributed by atoms with Gasteiger partial charge in [0.2, 0.25) is 5.91 Å². The van der Waals surface area contributed by atoms with Crippen molar-refractivity contribution in [2.24, 2.45) is 0 Å². The molecule has 1 heterocycles. The van der Waals surface area contributed by atoms with E-state index in [4.69, 9.17) is 4.74 Å². The van der Waals surface area contributed by atoms with Gasteiger partial charge in [-0.05, 0) is 49.8 Å². The first-order chi connectivity index (χ1) is 13.5. The quantitative estimate of drug-likeness (QED) is 0.727. The molecule has 1 aromatic heterocycles. The highest BCUT2D eigenvalue weighted by Crippen LogP contribution is 2.38. The molecule has 148 valence electrons. The molecule has 0 radical (unpaired) electrons. The molecule has 2 aromatic rings. The minimum Gasteiger partial charge on any atom is -0.465 e. The third-order valence-corrected chi connectivity index (χ3v) is 6.05. The van der Waals surface area contributed by atoms with Crippen LogP contribution in [0, 0.1) is 6.92 Å². The minimum atomic E-state index is -0.414. The van der Waals surface area contributed by atoms with Crippen LogP contribution in [0.25, 0.3) is 0 Å². The normalized spacial score (nSPS) is 12.8. The summed E-state index contributed by atoms with van der Waals surface area (Å²) in [6, 6.07) is 7.30. The van der Waals surface area contributed by atoms with Gasteiger partial charge in [-0.15, -0.1) is 11.3 Å². The average molecular weight is 401 g/mol. The van der Waals surface area contributed by atoms with Crippen molar-refractivity contribution in [1.29, 1.82) is 0 Å². The summed E-state index contributed by atoms with van der Waals surface area (Å²) in [5, 5.41) is 6.15. The molecule has 0 atom stereocenters. The number of fused-ring (bicyclic) bond motifs is 1. The second kappa shape index (κ2) is 9.01. The van der Waals surface area contributed by atoms with Crippen molar-refractivity contribution in [1.82, 2.24) is 5.32 Å². The highest BCUT2D eigenvalue weighted by molar-refractivity contribution is 7.17. The number of thiophene rings is 1. The number of nitrogens with one attached hydrogen (secondary N) is 2. The van der Waals surface area contributed by atoms with Gasteiger partial charge in [0.15, 0.2) is 0 Å². The maximum Gasteiger partial charge on any atom is 0.341 e. The Bertz CT molecular complexity index is 904. The van der Waals surface area contributed by atoms with Crippen molar-refractivity contribution < 1.29 is 19.1 Å². The molecular formula is C21H24N2O4S. The van der Waals surface area contributed by atoms with Gasteiger partial charge < -0.3 is 15.4 Å². The standard InChI is InChI=1S/C21H24N2O4S/c1-13-7-3-4-8-14(13)19(25)22-12-11-17(24)23-20-18(21(26)27-2)15-9-5-6-10-16(15)28-20/h3-4,7-8H,5-6,9-12H2,1-2H3,(H,22,25)(H,23,24). The van der Waals surface area contributed by atoms with E-state index in [-0.39, 0.29) is 24.8 Å². The van der Waals surface area contributed by atoms with E-state index >= 15 is 0 Å². The van der Waals surface area contributed by atoms with Gasteiger partial charge in [-0.3, -0.25) is 9.59 Å². The Morgan fingerprint density at radius 3 is 2.64 bits per heavy atom. The SMILES string of the molecule is COC(=O)c1c(NC(=O)CCNC(=O)c2ccccc2C)sc2c1CCCC2. The predicted molar refractivity (Wildman–Crippen MR) is 109 cm³/mol. The molecule has 0 saturated heterocycles. The van der Waals surface area contributed by atoms with E-state index in [2.05, 4.69) is 10.6 Å². The van der Waals surface area contributed by atoms with Crippen LogP contribution in [0.4, 0.5) is 5.00 Å². The van der Waals surface area contributed by atoms with Crippen molar-refractivity contribution >= 4 is 34.1 Å². The largest absolute Gasteiger partial charge is 0.465 e. The zero-order chi connectivity index (χ0) is 20.1. The minimum absolute atomic E-state index is 0.126. The van der Waals surface area contributed by atoms with Crippen molar-refractivity contribution in [2.45, 2.75) is 39.0 Å². The zero-order valence-corrected chi connectivity index (χ0v) is 16.9. The van der Waals surface area contributed by atoms with Gasteiger partial charge in [-0.2, -0.15) is 0 Å². The molecule has 1 aliphatic carbocycles. The van der Waals surface area contributed by atoms with Gasteiger partial charge in [0.1, 0.15) is 5.00 Å². The van der Waals surface area contributed by atoms with Crippen LogP contribution in [0.15, 0.2) is 24.3 Å². The summed E-state index contributed by atoms with van der Waals surface area (Å²) >= 11 is 1.45. The van der Waals surface area contributed by atoms with Crippen LogP contribution >= 0.6 is 11.3 Å². The van der Waals surface area contributed by atoms with Crippen molar-refractivity contribution in [2.75, 3.05) is 19.0 Å². The van der Waals surface area contributed by atoms with Crippen LogP contribution in [0.5, 0.6) is 0 Å². The molecule has 0 unspecified atom stereocenters. The highest BCUT2D eigenvalue weighted by Gasteiger charge is 2.26. The number of amides is 2. The molecule has 0 spiro atoms. The predicted octanol–water partition coefficient (Wildman–Crippen LogP) is 3.48. The molecule has 1 aliphatic rings. The Hall–Kier alpha value is -2.67. The molecule has 0 saturated carbocycles. The van der Waals surface area contributed by atoms with Gasteiger partial charge in [0.25, 0.3) is 5.91 Å². The molecule has 0 bridgehead atoms. The Labute approximate surface area is 168 Å². The smallest absolute Gasteiger partial charge is 0.341 e. The second-order valence-corrected chi connectivity index (χ2v) is 7.88. The number of hydrogen-bond donors (Lipinski definition) is 2. The van der Waals surface area contributed by atoms with Crippen molar-refractivity contribution in [3.05, 3.63) is 51.4 Å². The van der Waals surface area contributed by atoms with Crippen LogP contribution in [0.1, 0.15) is 56.0 Å². The fourth-order valence-corrected chi connectivity index (χ4v) is 4.67. The van der Waals surface area contributed by atoms with Gasteiger partial charge in [-0.25, -0.2) is 4.79 Å². The number of aryl methyl sites for hydroxylation is 2. The molecular weight excluding hydrogens is 376 g/mol. The van der Waals surface area contributed by atoms with Gasteiger partial charge >= 0.3 is 5.97 Å². The first-order valence-electron chi connectivity index (χ1n) is 9.37. The number of esters is 1. The average Bonchev–Trinajstić information content (AvgIpc) is 3.05. The summed E-state index contributed by atoms with van der Waals surface area (Å²) in [4.78, 5) is 37.9. The van der Waals surface area contributed by atoms with E-state index in [0.717, 1.165) is 41.7 Å². The van der Waals surface area contributed by atoms with Gasteiger partial charge in [0, 0.05) is 23.4 Å². The van der Waals surface area contributed by atoms with Crippen LogP contribution in [0.2, 0.25) is 0 Å². The third-order valence-electron chi connectivity index (χ3n) is 4.84. The lowest BCUT2D eigenvalue weighted by atomic mass is 9.95. The van der Waals surface area contributed by atoms with Crippen LogP contribution in [-0.4, -0.2) is 31.4 Å². The Balaban J connectivity index is 1.61. The number of ether oxygens (including phenoxy) is 1. The lowest BCUT2D eigenvalue weighted by molar-refractivity contribution is -0.116. The summed E-state index contributed by atoms with van der Waals surface area (Å²) in [6.07, 6.45) is 4.00. The molecule has 2 amide bonds.